The van der Waals surface area contributed by atoms with E-state index < -0.39 is 0 Å². The van der Waals surface area contributed by atoms with Gasteiger partial charge >= 0.3 is 0 Å². The van der Waals surface area contributed by atoms with E-state index in [4.69, 9.17) is 5.11 Å². The molecule has 2 nitrogen and oxygen atoms in total. The molecule has 0 amide bonds. The van der Waals surface area contributed by atoms with Gasteiger partial charge in [0.15, 0.2) is 0 Å². The smallest absolute Gasteiger partial charge is 0.0582 e. The Hall–Kier alpha value is -0.860. The van der Waals surface area contributed by atoms with E-state index in [-0.39, 0.29) is 12.6 Å². The summed E-state index contributed by atoms with van der Waals surface area (Å²) in [6.07, 6.45) is 3.77. The van der Waals surface area contributed by atoms with E-state index in [0.717, 1.165) is 0 Å². The molecule has 0 saturated carbocycles. The van der Waals surface area contributed by atoms with Crippen molar-refractivity contribution in [3.05, 3.63) is 34.9 Å². The Balaban J connectivity index is 2.09. The Morgan fingerprint density at radius 3 is 2.75 bits per heavy atom. The molecule has 2 rings (SSSR count). The number of aliphatic hydroxyl groups is 1. The highest BCUT2D eigenvalue weighted by atomic mass is 16.3. The summed E-state index contributed by atoms with van der Waals surface area (Å²) in [4.78, 5) is 0. The van der Waals surface area contributed by atoms with Gasteiger partial charge in [0.2, 0.25) is 0 Å². The molecule has 0 bridgehead atoms. The largest absolute Gasteiger partial charge is 0.395 e. The first-order chi connectivity index (χ1) is 7.70. The maximum absolute atomic E-state index is 9.02. The minimum absolute atomic E-state index is 0.156. The van der Waals surface area contributed by atoms with Crippen molar-refractivity contribution in [1.29, 1.82) is 0 Å². The van der Waals surface area contributed by atoms with Crippen LogP contribution in [0.4, 0.5) is 0 Å². The highest BCUT2D eigenvalue weighted by molar-refractivity contribution is 5.36. The van der Waals surface area contributed by atoms with Crippen molar-refractivity contribution in [2.24, 2.45) is 0 Å². The SMILES string of the molecule is C[C@H](CO)N[C@H](C)c1ccc2c(c1)CCC2. The first kappa shape index (κ1) is 11.6. The molecule has 0 spiro atoms. The number of aliphatic hydroxyl groups excluding tert-OH is 1. The molecule has 0 aliphatic heterocycles. The number of fused-ring (bicyclic) bond motifs is 1. The lowest BCUT2D eigenvalue weighted by molar-refractivity contribution is 0.243. The number of rotatable bonds is 4. The fourth-order valence-corrected chi connectivity index (χ4v) is 2.44. The Morgan fingerprint density at radius 2 is 2.00 bits per heavy atom. The Bertz CT molecular complexity index is 362. The van der Waals surface area contributed by atoms with Crippen LogP contribution in [0.3, 0.4) is 0 Å². The van der Waals surface area contributed by atoms with Gasteiger partial charge in [0, 0.05) is 12.1 Å². The van der Waals surface area contributed by atoms with Crippen molar-refractivity contribution < 1.29 is 5.11 Å². The molecule has 0 saturated heterocycles. The van der Waals surface area contributed by atoms with Crippen molar-refractivity contribution in [3.8, 4) is 0 Å². The van der Waals surface area contributed by atoms with E-state index in [0.29, 0.717) is 6.04 Å². The third-order valence-electron chi connectivity index (χ3n) is 3.43. The number of hydrogen-bond acceptors (Lipinski definition) is 2. The summed E-state index contributed by atoms with van der Waals surface area (Å²) < 4.78 is 0. The quantitative estimate of drug-likeness (QED) is 0.813. The van der Waals surface area contributed by atoms with Gasteiger partial charge in [-0.1, -0.05) is 18.2 Å². The summed E-state index contributed by atoms with van der Waals surface area (Å²) in [6, 6.07) is 7.27. The minimum atomic E-state index is 0.156. The average Bonchev–Trinajstić information content (AvgIpc) is 2.75. The molecule has 1 aromatic rings. The molecule has 16 heavy (non-hydrogen) atoms. The second-order valence-electron chi connectivity index (χ2n) is 4.85. The second kappa shape index (κ2) is 4.98. The topological polar surface area (TPSA) is 32.3 Å². The van der Waals surface area contributed by atoms with Gasteiger partial charge in [0.25, 0.3) is 0 Å². The maximum atomic E-state index is 9.02. The number of benzene rings is 1. The minimum Gasteiger partial charge on any atom is -0.395 e. The summed E-state index contributed by atoms with van der Waals surface area (Å²) in [6.45, 7) is 4.35. The van der Waals surface area contributed by atoms with E-state index in [2.05, 4.69) is 30.4 Å². The molecule has 2 heteroatoms. The van der Waals surface area contributed by atoms with Gasteiger partial charge in [-0.25, -0.2) is 0 Å². The van der Waals surface area contributed by atoms with Crippen LogP contribution in [0.2, 0.25) is 0 Å². The molecular formula is C14H21NO. The van der Waals surface area contributed by atoms with Gasteiger partial charge in [-0.05, 0) is 49.8 Å². The summed E-state index contributed by atoms with van der Waals surface area (Å²) in [5, 5.41) is 12.4. The van der Waals surface area contributed by atoms with Crippen LogP contribution in [0.1, 0.15) is 43.0 Å². The highest BCUT2D eigenvalue weighted by Crippen LogP contribution is 2.25. The molecule has 1 aromatic carbocycles. The van der Waals surface area contributed by atoms with Crippen LogP contribution in [0.15, 0.2) is 18.2 Å². The van der Waals surface area contributed by atoms with E-state index in [9.17, 15) is 0 Å². The number of aryl methyl sites for hydroxylation is 2. The molecule has 88 valence electrons. The lowest BCUT2D eigenvalue weighted by Gasteiger charge is -2.19. The van der Waals surface area contributed by atoms with Gasteiger partial charge in [-0.2, -0.15) is 0 Å². The fraction of sp³-hybridized carbons (Fsp3) is 0.571. The first-order valence-electron chi connectivity index (χ1n) is 6.19. The Morgan fingerprint density at radius 1 is 1.25 bits per heavy atom. The van der Waals surface area contributed by atoms with Crippen LogP contribution in [0.5, 0.6) is 0 Å². The number of nitrogens with one attached hydrogen (secondary N) is 1. The van der Waals surface area contributed by atoms with Crippen LogP contribution < -0.4 is 5.32 Å². The molecule has 2 atom stereocenters. The summed E-state index contributed by atoms with van der Waals surface area (Å²) in [7, 11) is 0. The van der Waals surface area contributed by atoms with Crippen molar-refractivity contribution in [1.82, 2.24) is 5.32 Å². The molecular weight excluding hydrogens is 198 g/mol. The molecule has 0 heterocycles. The third-order valence-corrected chi connectivity index (χ3v) is 3.43. The lowest BCUT2D eigenvalue weighted by atomic mass is 10.0. The molecule has 0 radical (unpaired) electrons. The summed E-state index contributed by atoms with van der Waals surface area (Å²) in [5.74, 6) is 0. The predicted octanol–water partition coefficient (Wildman–Crippen LogP) is 2.21. The van der Waals surface area contributed by atoms with Gasteiger partial charge in [0.1, 0.15) is 0 Å². The summed E-state index contributed by atoms with van der Waals surface area (Å²) >= 11 is 0. The van der Waals surface area contributed by atoms with Crippen molar-refractivity contribution in [2.45, 2.75) is 45.2 Å². The predicted molar refractivity (Wildman–Crippen MR) is 66.6 cm³/mol. The second-order valence-corrected chi connectivity index (χ2v) is 4.85. The zero-order valence-corrected chi connectivity index (χ0v) is 10.2. The van der Waals surface area contributed by atoms with Crippen LogP contribution >= 0.6 is 0 Å². The Labute approximate surface area is 97.7 Å². The van der Waals surface area contributed by atoms with Gasteiger partial charge in [-0.15, -0.1) is 0 Å². The van der Waals surface area contributed by atoms with E-state index in [1.165, 1.54) is 36.0 Å². The van der Waals surface area contributed by atoms with Gasteiger partial charge < -0.3 is 10.4 Å². The normalized spacial score (nSPS) is 18.2. The third kappa shape index (κ3) is 2.45. The first-order valence-corrected chi connectivity index (χ1v) is 6.19. The molecule has 1 aliphatic rings. The average molecular weight is 219 g/mol. The van der Waals surface area contributed by atoms with Gasteiger partial charge in [0.05, 0.1) is 6.61 Å². The molecule has 2 N–H and O–H groups in total. The molecule has 0 fully saturated rings. The van der Waals surface area contributed by atoms with Crippen LogP contribution in [0, 0.1) is 0 Å². The molecule has 0 aromatic heterocycles. The van der Waals surface area contributed by atoms with Crippen molar-refractivity contribution in [3.63, 3.8) is 0 Å². The van der Waals surface area contributed by atoms with Crippen molar-refractivity contribution in [2.75, 3.05) is 6.61 Å². The lowest BCUT2D eigenvalue weighted by Crippen LogP contribution is -2.31. The summed E-state index contributed by atoms with van der Waals surface area (Å²) in [5.41, 5.74) is 4.37. The Kier molecular flexibility index (Phi) is 3.62. The monoisotopic (exact) mass is 219 g/mol. The zero-order valence-electron chi connectivity index (χ0n) is 10.2. The van der Waals surface area contributed by atoms with E-state index >= 15 is 0 Å². The van der Waals surface area contributed by atoms with Crippen LogP contribution in [0.25, 0.3) is 0 Å². The standard InChI is InChI=1S/C14H21NO/c1-10(9-16)15-11(2)13-7-6-12-4-3-5-14(12)8-13/h6-8,10-11,15-16H,3-5,9H2,1-2H3/t10-,11-/m1/s1. The molecule has 0 unspecified atom stereocenters. The number of hydrogen-bond donors (Lipinski definition) is 2. The van der Waals surface area contributed by atoms with Crippen LogP contribution in [-0.2, 0) is 12.8 Å². The van der Waals surface area contributed by atoms with E-state index in [1.54, 1.807) is 0 Å². The fourth-order valence-electron chi connectivity index (χ4n) is 2.44. The van der Waals surface area contributed by atoms with Gasteiger partial charge in [-0.3, -0.25) is 0 Å². The van der Waals surface area contributed by atoms with Crippen molar-refractivity contribution >= 4 is 0 Å². The zero-order chi connectivity index (χ0) is 11.5. The maximum Gasteiger partial charge on any atom is 0.0582 e. The van der Waals surface area contributed by atoms with E-state index in [1.807, 2.05) is 6.92 Å². The molecule has 1 aliphatic carbocycles. The highest BCUT2D eigenvalue weighted by Gasteiger charge is 2.14. The van der Waals surface area contributed by atoms with Crippen LogP contribution in [-0.4, -0.2) is 17.8 Å².